The first-order valence-corrected chi connectivity index (χ1v) is 8.48. The van der Waals surface area contributed by atoms with Crippen molar-refractivity contribution in [2.24, 2.45) is 4.99 Å². The molecule has 0 aliphatic carbocycles. The second-order valence-electron chi connectivity index (χ2n) is 5.01. The quantitative estimate of drug-likeness (QED) is 0.407. The van der Waals surface area contributed by atoms with Gasteiger partial charge in [0.2, 0.25) is 0 Å². The van der Waals surface area contributed by atoms with Crippen LogP contribution in [-0.2, 0) is 13.1 Å². The van der Waals surface area contributed by atoms with Crippen molar-refractivity contribution in [2.75, 3.05) is 13.6 Å². The molecule has 1 aromatic carbocycles. The topological polar surface area (TPSA) is 40.5 Å². The average molecular weight is 465 g/mol. The highest BCUT2D eigenvalue weighted by Gasteiger charge is 2.08. The zero-order valence-corrected chi connectivity index (χ0v) is 17.4. The van der Waals surface area contributed by atoms with Crippen LogP contribution in [0.25, 0.3) is 0 Å². The summed E-state index contributed by atoms with van der Waals surface area (Å²) in [7, 11) is 2.04. The first-order chi connectivity index (χ1) is 10.6. The molecule has 4 nitrogen and oxygen atoms in total. The largest absolute Gasteiger partial charge is 0.357 e. The molecular weight excluding hydrogens is 443 g/mol. The number of guanidine groups is 1. The summed E-state index contributed by atoms with van der Waals surface area (Å²) >= 11 is 7.58. The predicted octanol–water partition coefficient (Wildman–Crippen LogP) is 4.32. The normalized spacial score (nSPS) is 11.0. The fraction of sp³-hybridized carbons (Fsp3) is 0.375. The van der Waals surface area contributed by atoms with Crippen molar-refractivity contribution in [1.82, 2.24) is 15.2 Å². The van der Waals surface area contributed by atoms with Crippen LogP contribution in [0.1, 0.15) is 23.1 Å². The summed E-state index contributed by atoms with van der Waals surface area (Å²) in [5.74, 6) is 0.894. The van der Waals surface area contributed by atoms with Gasteiger partial charge >= 0.3 is 0 Å². The molecule has 0 saturated heterocycles. The average Bonchev–Trinajstić information content (AvgIpc) is 2.91. The summed E-state index contributed by atoms with van der Waals surface area (Å²) in [6.07, 6.45) is 0. The molecule has 1 N–H and O–H groups in total. The number of benzene rings is 1. The summed E-state index contributed by atoms with van der Waals surface area (Å²) in [6.45, 7) is 6.37. The van der Waals surface area contributed by atoms with E-state index >= 15 is 0 Å². The Balaban J connectivity index is 0.00000264. The Hall–Kier alpha value is -0.860. The van der Waals surface area contributed by atoms with Crippen LogP contribution in [-0.4, -0.2) is 29.4 Å². The van der Waals surface area contributed by atoms with Crippen molar-refractivity contribution < 1.29 is 0 Å². The van der Waals surface area contributed by atoms with Gasteiger partial charge in [0.05, 0.1) is 17.7 Å². The number of aliphatic imine (C=N–C) groups is 1. The molecule has 0 spiro atoms. The van der Waals surface area contributed by atoms with Crippen LogP contribution in [0.2, 0.25) is 5.02 Å². The number of rotatable bonds is 5. The van der Waals surface area contributed by atoms with E-state index in [0.717, 1.165) is 29.8 Å². The second-order valence-corrected chi connectivity index (χ2v) is 6.39. The van der Waals surface area contributed by atoms with Crippen molar-refractivity contribution in [3.8, 4) is 0 Å². The molecule has 0 saturated carbocycles. The third-order valence-electron chi connectivity index (χ3n) is 3.25. The molecule has 0 fully saturated rings. The van der Waals surface area contributed by atoms with E-state index < -0.39 is 0 Å². The van der Waals surface area contributed by atoms with E-state index in [2.05, 4.69) is 22.1 Å². The standard InChI is InChI=1S/C16H21ClN4S.HI/c1-4-18-16(19-9-15-12(2)20-11-22-15)21(3)10-13-5-7-14(17)8-6-13;/h5-8,11H,4,9-10H2,1-3H3,(H,18,19);1H. The van der Waals surface area contributed by atoms with Crippen molar-refractivity contribution in [2.45, 2.75) is 26.9 Å². The minimum atomic E-state index is 0. The maximum absolute atomic E-state index is 5.93. The highest BCUT2D eigenvalue weighted by molar-refractivity contribution is 14.0. The van der Waals surface area contributed by atoms with Gasteiger partial charge in [-0.15, -0.1) is 35.3 Å². The lowest BCUT2D eigenvalue weighted by Crippen LogP contribution is -2.38. The number of nitrogens with one attached hydrogen (secondary N) is 1. The van der Waals surface area contributed by atoms with Gasteiger partial charge < -0.3 is 10.2 Å². The van der Waals surface area contributed by atoms with Crippen LogP contribution >= 0.6 is 46.9 Å². The van der Waals surface area contributed by atoms with Crippen LogP contribution < -0.4 is 5.32 Å². The predicted molar refractivity (Wildman–Crippen MR) is 110 cm³/mol. The van der Waals surface area contributed by atoms with Gasteiger partial charge in [0.1, 0.15) is 0 Å². The van der Waals surface area contributed by atoms with Gasteiger partial charge in [0.15, 0.2) is 5.96 Å². The Bertz CT molecular complexity index is 627. The van der Waals surface area contributed by atoms with Gasteiger partial charge in [-0.1, -0.05) is 23.7 Å². The van der Waals surface area contributed by atoms with Gasteiger partial charge in [-0.3, -0.25) is 0 Å². The molecule has 2 aromatic rings. The summed E-state index contributed by atoms with van der Waals surface area (Å²) < 4.78 is 0. The van der Waals surface area contributed by atoms with Crippen LogP contribution in [0.5, 0.6) is 0 Å². The molecule has 0 bridgehead atoms. The summed E-state index contributed by atoms with van der Waals surface area (Å²) in [6, 6.07) is 7.90. The van der Waals surface area contributed by atoms with E-state index in [9.17, 15) is 0 Å². The SMILES string of the molecule is CCNC(=NCc1scnc1C)N(C)Cc1ccc(Cl)cc1.I. The van der Waals surface area contributed by atoms with Gasteiger partial charge in [0.25, 0.3) is 0 Å². The van der Waals surface area contributed by atoms with E-state index in [-0.39, 0.29) is 24.0 Å². The van der Waals surface area contributed by atoms with Crippen LogP contribution in [0.4, 0.5) is 0 Å². The third-order valence-corrected chi connectivity index (χ3v) is 4.42. The number of nitrogens with zero attached hydrogens (tertiary/aromatic N) is 3. The molecule has 7 heteroatoms. The highest BCUT2D eigenvalue weighted by atomic mass is 127. The first kappa shape index (κ1) is 20.2. The lowest BCUT2D eigenvalue weighted by atomic mass is 10.2. The van der Waals surface area contributed by atoms with E-state index in [0.29, 0.717) is 6.54 Å². The van der Waals surface area contributed by atoms with Gasteiger partial charge in [0, 0.05) is 30.0 Å². The molecule has 0 aliphatic rings. The first-order valence-electron chi connectivity index (χ1n) is 7.23. The molecule has 1 aromatic heterocycles. The molecule has 0 radical (unpaired) electrons. The number of aromatic nitrogens is 1. The minimum Gasteiger partial charge on any atom is -0.357 e. The molecule has 2 rings (SSSR count). The number of thiazole rings is 1. The van der Waals surface area contributed by atoms with Gasteiger partial charge in [-0.05, 0) is 31.5 Å². The smallest absolute Gasteiger partial charge is 0.194 e. The molecule has 1 heterocycles. The number of halogens is 2. The molecule has 0 aliphatic heterocycles. The van der Waals surface area contributed by atoms with Crippen LogP contribution in [0.15, 0.2) is 34.8 Å². The fourth-order valence-corrected chi connectivity index (χ4v) is 2.86. The minimum absolute atomic E-state index is 0. The van der Waals surface area contributed by atoms with Gasteiger partial charge in [-0.2, -0.15) is 0 Å². The zero-order chi connectivity index (χ0) is 15.9. The Kier molecular flexibility index (Phi) is 8.86. The summed E-state index contributed by atoms with van der Waals surface area (Å²) in [5, 5.41) is 4.09. The van der Waals surface area contributed by atoms with Gasteiger partial charge in [-0.25, -0.2) is 9.98 Å². The lowest BCUT2D eigenvalue weighted by Gasteiger charge is -2.22. The Morgan fingerprint density at radius 3 is 2.61 bits per heavy atom. The van der Waals surface area contributed by atoms with Crippen molar-refractivity contribution in [3.05, 3.63) is 50.9 Å². The van der Waals surface area contributed by atoms with E-state index in [1.165, 1.54) is 10.4 Å². The summed E-state index contributed by atoms with van der Waals surface area (Å²) in [4.78, 5) is 12.3. The summed E-state index contributed by atoms with van der Waals surface area (Å²) in [5.41, 5.74) is 4.13. The Labute approximate surface area is 164 Å². The molecule has 0 unspecified atom stereocenters. The number of hydrogen-bond donors (Lipinski definition) is 1. The van der Waals surface area contributed by atoms with E-state index in [1.54, 1.807) is 11.3 Å². The molecular formula is C16H22ClIN4S. The van der Waals surface area contributed by atoms with Crippen molar-refractivity contribution >= 4 is 52.9 Å². The lowest BCUT2D eigenvalue weighted by molar-refractivity contribution is 0.477. The maximum Gasteiger partial charge on any atom is 0.194 e. The highest BCUT2D eigenvalue weighted by Crippen LogP contribution is 2.14. The number of aryl methyl sites for hydroxylation is 1. The Morgan fingerprint density at radius 1 is 1.35 bits per heavy atom. The van der Waals surface area contributed by atoms with Crippen molar-refractivity contribution in [3.63, 3.8) is 0 Å². The molecule has 126 valence electrons. The van der Waals surface area contributed by atoms with Crippen LogP contribution in [0.3, 0.4) is 0 Å². The number of hydrogen-bond acceptors (Lipinski definition) is 3. The van der Waals surface area contributed by atoms with Crippen molar-refractivity contribution in [1.29, 1.82) is 0 Å². The Morgan fingerprint density at radius 2 is 2.04 bits per heavy atom. The zero-order valence-electron chi connectivity index (χ0n) is 13.5. The van der Waals surface area contributed by atoms with E-state index in [4.69, 9.17) is 16.6 Å². The fourth-order valence-electron chi connectivity index (χ4n) is 2.03. The molecule has 23 heavy (non-hydrogen) atoms. The monoisotopic (exact) mass is 464 g/mol. The van der Waals surface area contributed by atoms with E-state index in [1.807, 2.05) is 43.7 Å². The molecule has 0 amide bonds. The molecule has 0 atom stereocenters. The third kappa shape index (κ3) is 6.27. The maximum atomic E-state index is 5.93. The second kappa shape index (κ2) is 10.1. The van der Waals surface area contributed by atoms with Crippen LogP contribution in [0, 0.1) is 6.92 Å².